The van der Waals surface area contributed by atoms with Gasteiger partial charge in [-0.05, 0) is 30.7 Å². The van der Waals surface area contributed by atoms with Crippen LogP contribution >= 0.6 is 0 Å². The highest BCUT2D eigenvalue weighted by atomic mass is 19.3. The molecule has 2 rings (SSSR count). The Morgan fingerprint density at radius 3 is 2.76 bits per heavy atom. The highest BCUT2D eigenvalue weighted by Crippen LogP contribution is 2.19. The Bertz CT molecular complexity index is 861. The summed E-state index contributed by atoms with van der Waals surface area (Å²) in [5, 5.41) is 9.76. The van der Waals surface area contributed by atoms with Crippen LogP contribution in [0.3, 0.4) is 0 Å². The lowest BCUT2D eigenvalue weighted by Crippen LogP contribution is -2.11. The van der Waals surface area contributed by atoms with Gasteiger partial charge in [-0.2, -0.15) is 0 Å². The van der Waals surface area contributed by atoms with Crippen LogP contribution in [0.1, 0.15) is 21.6 Å². The van der Waals surface area contributed by atoms with Crippen LogP contribution in [0.25, 0.3) is 6.08 Å². The molecule has 130 valence electrons. The lowest BCUT2D eigenvalue weighted by atomic mass is 10.1. The summed E-state index contributed by atoms with van der Waals surface area (Å²) in [5.74, 6) is -1.79. The largest absolute Gasteiger partial charge is 0.507 e. The van der Waals surface area contributed by atoms with Gasteiger partial charge in [0.05, 0.1) is 5.56 Å². The molecule has 1 aromatic heterocycles. The number of hydrogen-bond donors (Lipinski definition) is 2. The molecule has 0 saturated carbocycles. The highest BCUT2D eigenvalue weighted by Gasteiger charge is 2.13. The molecule has 7 nitrogen and oxygen atoms in total. The van der Waals surface area contributed by atoms with E-state index in [9.17, 15) is 24.0 Å². The number of ether oxygens (including phenoxy) is 1. The molecule has 25 heavy (non-hydrogen) atoms. The van der Waals surface area contributed by atoms with Crippen molar-refractivity contribution in [2.24, 2.45) is 0 Å². The molecule has 1 aromatic carbocycles. The Hall–Kier alpha value is -3.42. The molecule has 0 bridgehead atoms. The van der Waals surface area contributed by atoms with Gasteiger partial charge in [0, 0.05) is 16.3 Å². The molecule has 0 unspecified atom stereocenters. The third-order valence-corrected chi connectivity index (χ3v) is 3.18. The third kappa shape index (κ3) is 4.77. The van der Waals surface area contributed by atoms with Gasteiger partial charge in [0.15, 0.2) is 12.4 Å². The first kappa shape index (κ1) is 17.9. The molecule has 0 radical (unpaired) electrons. The number of carbonyl (C=O) groups excluding carboxylic acids is 2. The fourth-order valence-corrected chi connectivity index (χ4v) is 2.11. The Balaban J connectivity index is 2.15. The summed E-state index contributed by atoms with van der Waals surface area (Å²) in [4.78, 5) is 39.6. The zero-order valence-electron chi connectivity index (χ0n) is 13.1. The summed E-state index contributed by atoms with van der Waals surface area (Å²) in [6.45, 7) is 0.910. The molecule has 0 amide bonds. The van der Waals surface area contributed by atoms with Crippen LogP contribution < -0.4 is 10.3 Å². The zero-order chi connectivity index (χ0) is 18.4. The zero-order valence-corrected chi connectivity index (χ0v) is 13.1. The number of aromatic hydroxyl groups is 1. The number of nitrogens with one attached hydrogen (secondary N) is 1. The van der Waals surface area contributed by atoms with Crippen molar-refractivity contribution < 1.29 is 28.9 Å². The van der Waals surface area contributed by atoms with E-state index in [4.69, 9.17) is 4.74 Å². The number of hydrogen-bond acceptors (Lipinski definition) is 6. The number of H-pyrrole nitrogens is 1. The molecule has 0 aliphatic rings. The van der Waals surface area contributed by atoms with Gasteiger partial charge in [-0.25, -0.2) is 4.79 Å². The van der Waals surface area contributed by atoms with Crippen molar-refractivity contribution in [3.05, 3.63) is 63.6 Å². The van der Waals surface area contributed by atoms with E-state index >= 15 is 0 Å². The summed E-state index contributed by atoms with van der Waals surface area (Å²) in [5.41, 5.74) is 0.309. The van der Waals surface area contributed by atoms with Crippen molar-refractivity contribution >= 4 is 17.8 Å². The summed E-state index contributed by atoms with van der Waals surface area (Å²) < 4.78 is 16.6. The van der Waals surface area contributed by atoms with Crippen molar-refractivity contribution in [3.63, 3.8) is 0 Å². The van der Waals surface area contributed by atoms with Gasteiger partial charge in [-0.15, -0.1) is 0 Å². The monoisotopic (exact) mass is 347 g/mol. The second-order valence-electron chi connectivity index (χ2n) is 5.03. The van der Waals surface area contributed by atoms with E-state index < -0.39 is 29.7 Å². The summed E-state index contributed by atoms with van der Waals surface area (Å²) in [6, 6.07) is 7.27. The van der Waals surface area contributed by atoms with Gasteiger partial charge in [0.2, 0.25) is 0 Å². The van der Waals surface area contributed by atoms with Gasteiger partial charge in [-0.3, -0.25) is 14.5 Å². The third-order valence-electron chi connectivity index (χ3n) is 3.18. The number of benzene rings is 1. The highest BCUT2D eigenvalue weighted by molar-refractivity contribution is 6.09. The second kappa shape index (κ2) is 7.91. The number of ketones is 1. The number of aryl methyl sites for hydroxylation is 1. The number of aromatic nitrogens is 1. The van der Waals surface area contributed by atoms with E-state index in [1.165, 1.54) is 25.1 Å². The molecule has 0 fully saturated rings. The molecule has 0 saturated heterocycles. The molecule has 1 heterocycles. The first-order valence-electron chi connectivity index (χ1n) is 7.10. The van der Waals surface area contributed by atoms with Crippen LogP contribution in [0.15, 0.2) is 41.2 Å². The van der Waals surface area contributed by atoms with Crippen LogP contribution in [0.2, 0.25) is 0 Å². The van der Waals surface area contributed by atoms with E-state index in [2.05, 4.69) is 9.93 Å². The summed E-state index contributed by atoms with van der Waals surface area (Å²) in [7, 11) is 0. The number of carbonyl (C=O) groups is 2. The summed E-state index contributed by atoms with van der Waals surface area (Å²) in [6.07, 6.45) is 2.68. The maximum Gasteiger partial charge on any atom is 0.385 e. The van der Waals surface area contributed by atoms with Gasteiger partial charge in [-0.1, -0.05) is 18.2 Å². The van der Waals surface area contributed by atoms with Crippen LogP contribution in [0.5, 0.6) is 11.5 Å². The standard InChI is InChI=1S/C17H14FNO6/c1-10-17(14(21)8-15(22)19-10)13(20)6-5-11-3-2-4-12(7-11)24-9-16(23)25-18/h2-8H,9H2,1H3,(H2,19,21,22)/b6-5+. The van der Waals surface area contributed by atoms with E-state index in [1.807, 2.05) is 0 Å². The van der Waals surface area contributed by atoms with Crippen LogP contribution in [0.4, 0.5) is 4.53 Å². The molecule has 8 heteroatoms. The van der Waals surface area contributed by atoms with Crippen molar-refractivity contribution in [1.82, 2.24) is 4.98 Å². The van der Waals surface area contributed by atoms with Crippen LogP contribution in [-0.2, 0) is 9.74 Å². The van der Waals surface area contributed by atoms with E-state index in [0.29, 0.717) is 5.56 Å². The molecule has 0 aliphatic heterocycles. The van der Waals surface area contributed by atoms with Gasteiger partial charge in [0.25, 0.3) is 5.56 Å². The van der Waals surface area contributed by atoms with Gasteiger partial charge in [0.1, 0.15) is 11.5 Å². The molecular weight excluding hydrogens is 333 g/mol. The Kier molecular flexibility index (Phi) is 5.67. The average molecular weight is 347 g/mol. The van der Waals surface area contributed by atoms with Crippen molar-refractivity contribution in [2.75, 3.05) is 6.61 Å². The smallest absolute Gasteiger partial charge is 0.385 e. The maximum atomic E-state index is 12.2. The van der Waals surface area contributed by atoms with Crippen LogP contribution in [0, 0.1) is 6.92 Å². The molecule has 0 aliphatic carbocycles. The fourth-order valence-electron chi connectivity index (χ4n) is 2.11. The quantitative estimate of drug-likeness (QED) is 0.612. The number of pyridine rings is 1. The lowest BCUT2D eigenvalue weighted by Gasteiger charge is -2.05. The maximum absolute atomic E-state index is 12.2. The van der Waals surface area contributed by atoms with Gasteiger partial charge < -0.3 is 14.8 Å². The molecule has 2 aromatic rings. The van der Waals surface area contributed by atoms with Crippen LogP contribution in [-0.4, -0.2) is 28.4 Å². The molecule has 2 N–H and O–H groups in total. The van der Waals surface area contributed by atoms with Crippen molar-refractivity contribution in [1.29, 1.82) is 0 Å². The average Bonchev–Trinajstić information content (AvgIpc) is 2.57. The Morgan fingerprint density at radius 1 is 1.32 bits per heavy atom. The van der Waals surface area contributed by atoms with E-state index in [-0.39, 0.29) is 17.0 Å². The Labute approximate surface area is 141 Å². The van der Waals surface area contributed by atoms with E-state index in [0.717, 1.165) is 6.07 Å². The Morgan fingerprint density at radius 2 is 2.08 bits per heavy atom. The molecule has 0 atom stereocenters. The topological polar surface area (TPSA) is 106 Å². The summed E-state index contributed by atoms with van der Waals surface area (Å²) >= 11 is 0. The first-order valence-corrected chi connectivity index (χ1v) is 7.10. The number of halogens is 1. The predicted molar refractivity (Wildman–Crippen MR) is 86.0 cm³/mol. The fraction of sp³-hybridized carbons (Fsp3) is 0.118. The van der Waals surface area contributed by atoms with Gasteiger partial charge >= 0.3 is 5.97 Å². The van der Waals surface area contributed by atoms with Crippen molar-refractivity contribution in [2.45, 2.75) is 6.92 Å². The SMILES string of the molecule is Cc1[nH]c(=O)cc(O)c1C(=O)/C=C/c1cccc(OCC(=O)OF)c1. The minimum absolute atomic E-state index is 0.00561. The number of aromatic amines is 1. The first-order chi connectivity index (χ1) is 11.9. The normalized spacial score (nSPS) is 10.6. The molecule has 0 spiro atoms. The van der Waals surface area contributed by atoms with E-state index in [1.54, 1.807) is 18.2 Å². The number of allylic oxidation sites excluding steroid dienone is 1. The van der Waals surface area contributed by atoms with Crippen molar-refractivity contribution in [3.8, 4) is 11.5 Å². The second-order valence-corrected chi connectivity index (χ2v) is 5.03. The minimum Gasteiger partial charge on any atom is -0.507 e. The predicted octanol–water partition coefficient (Wildman–Crippen LogP) is 2.09. The lowest BCUT2D eigenvalue weighted by molar-refractivity contribution is -0.185. The molecular formula is C17H14FNO6. The number of rotatable bonds is 6. The minimum atomic E-state index is -1.17.